The van der Waals surface area contributed by atoms with Gasteiger partial charge in [0.05, 0.1) is 13.2 Å². The van der Waals surface area contributed by atoms with Gasteiger partial charge in [-0.25, -0.2) is 0 Å². The molecule has 0 bridgehead atoms. The number of halogens is 2. The maximum atomic E-state index is 12.8. The van der Waals surface area contributed by atoms with Crippen molar-refractivity contribution in [3.05, 3.63) is 45.6 Å². The molecule has 0 unspecified atom stereocenters. The first-order chi connectivity index (χ1) is 11.5. The largest absolute Gasteiger partial charge is 0.493 e. The molecule has 0 aliphatic carbocycles. The van der Waals surface area contributed by atoms with Crippen LogP contribution in [0.2, 0.25) is 0 Å². The van der Waals surface area contributed by atoms with E-state index in [4.69, 9.17) is 4.74 Å². The fraction of sp³-hybridized carbons (Fsp3) is 0.353. The highest BCUT2D eigenvalue weighted by atomic mass is 32.1. The van der Waals surface area contributed by atoms with Crippen molar-refractivity contribution < 1.29 is 23.0 Å². The summed E-state index contributed by atoms with van der Waals surface area (Å²) in [7, 11) is 1.35. The van der Waals surface area contributed by atoms with E-state index in [2.05, 4.69) is 4.74 Å². The van der Waals surface area contributed by atoms with Crippen LogP contribution in [0.1, 0.15) is 33.8 Å². The molecular weight excluding hydrogens is 336 g/mol. The average Bonchev–Trinajstić information content (AvgIpc) is 3.04. The number of alkyl halides is 2. The number of fused-ring (bicyclic) bond motifs is 1. The highest BCUT2D eigenvalue weighted by Gasteiger charge is 2.29. The van der Waals surface area contributed by atoms with Gasteiger partial charge >= 0.3 is 6.61 Å². The van der Waals surface area contributed by atoms with Crippen molar-refractivity contribution >= 4 is 17.2 Å². The number of carbonyl (C=O) groups is 1. The van der Waals surface area contributed by atoms with Crippen LogP contribution in [0.4, 0.5) is 8.78 Å². The second kappa shape index (κ2) is 6.76. The number of thiophene rings is 1. The number of carbonyl (C=O) groups excluding carboxylic acids is 1. The lowest BCUT2D eigenvalue weighted by Crippen LogP contribution is -2.38. The normalized spacial score (nSPS) is 16.9. The summed E-state index contributed by atoms with van der Waals surface area (Å²) in [5.74, 6) is -0.126. The molecule has 0 spiro atoms. The van der Waals surface area contributed by atoms with Crippen LogP contribution in [-0.4, -0.2) is 31.1 Å². The molecule has 0 N–H and O–H groups in total. The van der Waals surface area contributed by atoms with E-state index in [1.165, 1.54) is 35.7 Å². The molecule has 1 aromatic carbocycles. The molecule has 7 heteroatoms. The van der Waals surface area contributed by atoms with Gasteiger partial charge in [-0.3, -0.25) is 4.79 Å². The summed E-state index contributed by atoms with van der Waals surface area (Å²) in [6.45, 7) is -0.321. The Balaban J connectivity index is 1.85. The van der Waals surface area contributed by atoms with E-state index >= 15 is 0 Å². The van der Waals surface area contributed by atoms with Crippen molar-refractivity contribution in [3.8, 4) is 11.5 Å². The van der Waals surface area contributed by atoms with Crippen LogP contribution >= 0.6 is 11.3 Å². The first kappa shape index (κ1) is 16.7. The molecule has 1 aliphatic rings. The van der Waals surface area contributed by atoms with Gasteiger partial charge in [0.25, 0.3) is 5.91 Å². The van der Waals surface area contributed by atoms with Crippen LogP contribution in [0.15, 0.2) is 29.6 Å². The molecule has 1 aliphatic heterocycles. The first-order valence-electron chi connectivity index (χ1n) is 7.51. The maximum absolute atomic E-state index is 12.8. The second-order valence-corrected chi connectivity index (χ2v) is 6.47. The molecule has 0 radical (unpaired) electrons. The van der Waals surface area contributed by atoms with Crippen molar-refractivity contribution in [3.63, 3.8) is 0 Å². The Kier molecular flexibility index (Phi) is 4.71. The summed E-state index contributed by atoms with van der Waals surface area (Å²) in [5.41, 5.74) is 1.56. The van der Waals surface area contributed by atoms with Crippen molar-refractivity contribution in [1.82, 2.24) is 4.90 Å². The summed E-state index contributed by atoms with van der Waals surface area (Å²) >= 11 is 1.71. The molecular formula is C17H17F2NO3S. The van der Waals surface area contributed by atoms with Crippen LogP contribution in [0.25, 0.3) is 0 Å². The van der Waals surface area contributed by atoms with Crippen LogP contribution in [-0.2, 0) is 6.42 Å². The zero-order valence-electron chi connectivity index (χ0n) is 13.3. The molecule has 1 amide bonds. The number of rotatable bonds is 4. The fourth-order valence-corrected chi connectivity index (χ4v) is 3.91. The molecule has 2 aromatic rings. The first-order valence-corrected chi connectivity index (χ1v) is 8.39. The van der Waals surface area contributed by atoms with E-state index < -0.39 is 6.61 Å². The molecule has 4 nitrogen and oxygen atoms in total. The van der Waals surface area contributed by atoms with Gasteiger partial charge in [0.2, 0.25) is 0 Å². The third kappa shape index (κ3) is 3.08. The molecule has 0 saturated heterocycles. The van der Waals surface area contributed by atoms with E-state index in [1.54, 1.807) is 16.2 Å². The Morgan fingerprint density at radius 1 is 1.33 bits per heavy atom. The van der Waals surface area contributed by atoms with E-state index in [0.717, 1.165) is 6.42 Å². The smallest absolute Gasteiger partial charge is 0.387 e. The summed E-state index contributed by atoms with van der Waals surface area (Å²) < 4.78 is 34.3. The molecule has 0 saturated carbocycles. The lowest BCUT2D eigenvalue weighted by molar-refractivity contribution is -0.0512. The van der Waals surface area contributed by atoms with Crippen LogP contribution in [0, 0.1) is 0 Å². The highest BCUT2D eigenvalue weighted by molar-refractivity contribution is 7.10. The van der Waals surface area contributed by atoms with E-state index in [1.807, 2.05) is 18.4 Å². The lowest BCUT2D eigenvalue weighted by atomic mass is 10.0. The third-order valence-corrected chi connectivity index (χ3v) is 5.16. The van der Waals surface area contributed by atoms with Crippen LogP contribution in [0.3, 0.4) is 0 Å². The predicted molar refractivity (Wildman–Crippen MR) is 87.1 cm³/mol. The monoisotopic (exact) mass is 353 g/mol. The minimum absolute atomic E-state index is 0.0181. The van der Waals surface area contributed by atoms with Crippen LogP contribution < -0.4 is 9.47 Å². The predicted octanol–water partition coefficient (Wildman–Crippen LogP) is 4.12. The van der Waals surface area contributed by atoms with Gasteiger partial charge in [-0.05, 0) is 48.6 Å². The number of benzene rings is 1. The Labute approximate surface area is 142 Å². The average molecular weight is 353 g/mol. The number of amides is 1. The van der Waals surface area contributed by atoms with Crippen molar-refractivity contribution in [2.24, 2.45) is 0 Å². The molecule has 0 fully saturated rings. The van der Waals surface area contributed by atoms with Gasteiger partial charge in [0, 0.05) is 17.0 Å². The Morgan fingerprint density at radius 3 is 2.83 bits per heavy atom. The van der Waals surface area contributed by atoms with Gasteiger partial charge in [0.15, 0.2) is 11.5 Å². The van der Waals surface area contributed by atoms with E-state index in [0.29, 0.717) is 12.1 Å². The quantitative estimate of drug-likeness (QED) is 0.830. The standard InChI is InChI=1S/C17H17F2NO3S/c1-10-12-6-8-24-15(12)5-7-20(10)16(21)11-3-4-13(23-17(18)19)14(9-11)22-2/h3-4,6,8-10,17H,5,7H2,1-2H3/t10-/m1/s1. The third-order valence-electron chi connectivity index (χ3n) is 4.16. The van der Waals surface area contributed by atoms with Gasteiger partial charge in [0.1, 0.15) is 0 Å². The minimum atomic E-state index is -2.94. The molecule has 24 heavy (non-hydrogen) atoms. The molecule has 1 aromatic heterocycles. The highest BCUT2D eigenvalue weighted by Crippen LogP contribution is 2.35. The lowest BCUT2D eigenvalue weighted by Gasteiger charge is -2.33. The SMILES string of the molecule is COc1cc(C(=O)N2CCc3sccc3[C@H]2C)ccc1OC(F)F. The zero-order valence-corrected chi connectivity index (χ0v) is 14.1. The topological polar surface area (TPSA) is 38.8 Å². The second-order valence-electron chi connectivity index (χ2n) is 5.47. The molecule has 2 heterocycles. The number of hydrogen-bond acceptors (Lipinski definition) is 4. The minimum Gasteiger partial charge on any atom is -0.493 e. The maximum Gasteiger partial charge on any atom is 0.387 e. The number of hydrogen-bond donors (Lipinski definition) is 0. The Morgan fingerprint density at radius 2 is 2.12 bits per heavy atom. The molecule has 128 valence electrons. The Hall–Kier alpha value is -2.15. The van der Waals surface area contributed by atoms with Gasteiger partial charge in [-0.1, -0.05) is 0 Å². The molecule has 1 atom stereocenters. The summed E-state index contributed by atoms with van der Waals surface area (Å²) in [6, 6.07) is 6.29. The van der Waals surface area contributed by atoms with Crippen LogP contribution in [0.5, 0.6) is 11.5 Å². The molecule has 3 rings (SSSR count). The summed E-state index contributed by atoms with van der Waals surface area (Å²) in [5, 5.41) is 2.04. The van der Waals surface area contributed by atoms with Crippen molar-refractivity contribution in [2.75, 3.05) is 13.7 Å². The van der Waals surface area contributed by atoms with E-state index in [-0.39, 0.29) is 23.4 Å². The van der Waals surface area contributed by atoms with Gasteiger partial charge in [-0.15, -0.1) is 11.3 Å². The van der Waals surface area contributed by atoms with Gasteiger partial charge < -0.3 is 14.4 Å². The number of ether oxygens (including phenoxy) is 2. The fourth-order valence-electron chi connectivity index (χ4n) is 2.95. The summed E-state index contributed by atoms with van der Waals surface area (Å²) in [4.78, 5) is 15.9. The van der Waals surface area contributed by atoms with Crippen molar-refractivity contribution in [1.29, 1.82) is 0 Å². The zero-order chi connectivity index (χ0) is 17.3. The van der Waals surface area contributed by atoms with E-state index in [9.17, 15) is 13.6 Å². The van der Waals surface area contributed by atoms with Gasteiger partial charge in [-0.2, -0.15) is 8.78 Å². The number of methoxy groups -OCH3 is 1. The van der Waals surface area contributed by atoms with Crippen molar-refractivity contribution in [2.45, 2.75) is 26.0 Å². The summed E-state index contributed by atoms with van der Waals surface area (Å²) in [6.07, 6.45) is 0.826. The number of nitrogens with zero attached hydrogens (tertiary/aromatic N) is 1. The Bertz CT molecular complexity index is 747.